The Morgan fingerprint density at radius 1 is 1.23 bits per heavy atom. The maximum absolute atomic E-state index is 3.69. The smallest absolute Gasteiger partial charge is 0.0167 e. The van der Waals surface area contributed by atoms with Crippen molar-refractivity contribution in [3.05, 3.63) is 42.0 Å². The molecular weight excluding hydrogens is 158 g/mol. The van der Waals surface area contributed by atoms with Crippen molar-refractivity contribution in [3.8, 4) is 0 Å². The Bertz CT molecular complexity index is 223. The minimum atomic E-state index is 1.11. The summed E-state index contributed by atoms with van der Waals surface area (Å²) in [5.41, 5.74) is 2.57. The van der Waals surface area contributed by atoms with Gasteiger partial charge in [-0.1, -0.05) is 43.8 Å². The van der Waals surface area contributed by atoms with E-state index >= 15 is 0 Å². The van der Waals surface area contributed by atoms with Gasteiger partial charge in [0.05, 0.1) is 0 Å². The first-order chi connectivity index (χ1) is 6.28. The third-order valence-corrected chi connectivity index (χ3v) is 1.62. The minimum Gasteiger partial charge on any atom is -0.323 e. The molecule has 1 heteroatoms. The van der Waals surface area contributed by atoms with Crippen LogP contribution < -0.4 is 5.32 Å². The van der Waals surface area contributed by atoms with E-state index in [-0.39, 0.29) is 0 Å². The molecule has 0 aromatic heterocycles. The fourth-order valence-electron chi connectivity index (χ4n) is 0.889. The molecule has 0 radical (unpaired) electrons. The highest BCUT2D eigenvalue weighted by Gasteiger charge is 1.86. The molecule has 0 aliphatic heterocycles. The van der Waals surface area contributed by atoms with Crippen molar-refractivity contribution in [2.45, 2.75) is 13.3 Å². The molecule has 72 valence electrons. The molecule has 1 nitrogen and oxygen atoms in total. The van der Waals surface area contributed by atoms with Gasteiger partial charge >= 0.3 is 0 Å². The van der Waals surface area contributed by atoms with Crippen molar-refractivity contribution >= 4 is 6.08 Å². The summed E-state index contributed by atoms with van der Waals surface area (Å²) >= 11 is 0. The topological polar surface area (TPSA) is 12.0 Å². The highest BCUT2D eigenvalue weighted by molar-refractivity contribution is 5.47. The van der Waals surface area contributed by atoms with Crippen LogP contribution in [-0.4, -0.2) is 14.1 Å². The molecular formula is C12H19N. The monoisotopic (exact) mass is 177 g/mol. The van der Waals surface area contributed by atoms with Gasteiger partial charge in [-0.3, -0.25) is 0 Å². The Balaban J connectivity index is 0.000000424. The van der Waals surface area contributed by atoms with Gasteiger partial charge in [0.25, 0.3) is 0 Å². The predicted molar refractivity (Wildman–Crippen MR) is 60.9 cm³/mol. The molecule has 1 N–H and O–H groups in total. The summed E-state index contributed by atoms with van der Waals surface area (Å²) in [5.74, 6) is 0. The maximum Gasteiger partial charge on any atom is -0.0167 e. The molecule has 0 atom stereocenters. The molecule has 13 heavy (non-hydrogen) atoms. The van der Waals surface area contributed by atoms with E-state index in [1.807, 2.05) is 20.2 Å². The average Bonchev–Trinajstić information content (AvgIpc) is 2.19. The minimum absolute atomic E-state index is 1.11. The maximum atomic E-state index is 3.69. The Morgan fingerprint density at radius 3 is 2.00 bits per heavy atom. The molecule has 0 amide bonds. The predicted octanol–water partition coefficient (Wildman–Crippen LogP) is 2.73. The van der Waals surface area contributed by atoms with E-state index in [0.717, 1.165) is 6.42 Å². The summed E-state index contributed by atoms with van der Waals surface area (Å²) in [4.78, 5) is 0. The number of hydrogen-bond donors (Lipinski definition) is 1. The van der Waals surface area contributed by atoms with Crippen molar-refractivity contribution in [2.75, 3.05) is 14.1 Å². The molecule has 1 aromatic carbocycles. The first-order valence-corrected chi connectivity index (χ1v) is 4.58. The largest absolute Gasteiger partial charge is 0.323 e. The van der Waals surface area contributed by atoms with E-state index in [2.05, 4.69) is 43.1 Å². The van der Waals surface area contributed by atoms with Crippen LogP contribution in [0.3, 0.4) is 0 Å². The second kappa shape index (κ2) is 7.56. The normalized spacial score (nSPS) is 8.54. The van der Waals surface area contributed by atoms with Gasteiger partial charge in [-0.25, -0.2) is 0 Å². The summed E-state index contributed by atoms with van der Waals surface area (Å²) in [6.07, 6.45) is 2.97. The van der Waals surface area contributed by atoms with E-state index in [9.17, 15) is 0 Å². The average molecular weight is 177 g/mol. The molecule has 0 heterocycles. The van der Waals surface area contributed by atoms with Crippen LogP contribution >= 0.6 is 0 Å². The zero-order valence-corrected chi connectivity index (χ0v) is 8.80. The van der Waals surface area contributed by atoms with Gasteiger partial charge in [-0.15, -0.1) is 0 Å². The van der Waals surface area contributed by atoms with Crippen LogP contribution in [0.4, 0.5) is 0 Å². The Kier molecular flexibility index (Phi) is 6.93. The molecule has 0 aliphatic rings. The first kappa shape index (κ1) is 11.9. The third kappa shape index (κ3) is 5.21. The van der Waals surface area contributed by atoms with Crippen LogP contribution in [0.5, 0.6) is 0 Å². The van der Waals surface area contributed by atoms with Crippen molar-refractivity contribution in [3.63, 3.8) is 0 Å². The van der Waals surface area contributed by atoms with Crippen LogP contribution in [0, 0.1) is 0 Å². The van der Waals surface area contributed by atoms with Gasteiger partial charge in [0.1, 0.15) is 0 Å². The van der Waals surface area contributed by atoms with E-state index in [1.165, 1.54) is 11.1 Å². The summed E-state index contributed by atoms with van der Waals surface area (Å²) in [6, 6.07) is 8.45. The van der Waals surface area contributed by atoms with Gasteiger partial charge in [-0.2, -0.15) is 0 Å². The third-order valence-electron chi connectivity index (χ3n) is 1.62. The lowest BCUT2D eigenvalue weighted by molar-refractivity contribution is 1.02. The Labute approximate surface area is 81.5 Å². The van der Waals surface area contributed by atoms with Gasteiger partial charge in [0, 0.05) is 0 Å². The van der Waals surface area contributed by atoms with Gasteiger partial charge in [0.15, 0.2) is 0 Å². The molecule has 0 aliphatic carbocycles. The summed E-state index contributed by atoms with van der Waals surface area (Å²) in [7, 11) is 3.75. The fourth-order valence-corrected chi connectivity index (χ4v) is 0.889. The van der Waals surface area contributed by atoms with Crippen LogP contribution in [0.15, 0.2) is 30.8 Å². The van der Waals surface area contributed by atoms with Gasteiger partial charge in [0.2, 0.25) is 0 Å². The van der Waals surface area contributed by atoms with E-state index in [1.54, 1.807) is 0 Å². The van der Waals surface area contributed by atoms with Crippen molar-refractivity contribution in [1.29, 1.82) is 0 Å². The van der Waals surface area contributed by atoms with Gasteiger partial charge < -0.3 is 5.32 Å². The highest BCUT2D eigenvalue weighted by atomic mass is 14.7. The lowest BCUT2D eigenvalue weighted by Gasteiger charge is -1.95. The molecule has 0 bridgehead atoms. The highest BCUT2D eigenvalue weighted by Crippen LogP contribution is 2.05. The summed E-state index contributed by atoms with van der Waals surface area (Å²) < 4.78 is 0. The quantitative estimate of drug-likeness (QED) is 0.732. The van der Waals surface area contributed by atoms with Crippen molar-refractivity contribution in [1.82, 2.24) is 5.32 Å². The van der Waals surface area contributed by atoms with Crippen LogP contribution in [0.25, 0.3) is 6.08 Å². The first-order valence-electron chi connectivity index (χ1n) is 4.58. The lowest BCUT2D eigenvalue weighted by atomic mass is 10.1. The number of aryl methyl sites for hydroxylation is 1. The number of hydrogen-bond acceptors (Lipinski definition) is 1. The van der Waals surface area contributed by atoms with E-state index < -0.39 is 0 Å². The molecule has 0 saturated heterocycles. The zero-order chi connectivity index (χ0) is 10.1. The SMILES string of the molecule is C=Cc1ccc(CC)cc1.CNC. The summed E-state index contributed by atoms with van der Waals surface area (Å²) in [5, 5.41) is 2.75. The number of benzene rings is 1. The molecule has 1 rings (SSSR count). The molecule has 0 unspecified atom stereocenters. The van der Waals surface area contributed by atoms with E-state index in [4.69, 9.17) is 0 Å². The molecule has 0 saturated carbocycles. The van der Waals surface area contributed by atoms with Crippen molar-refractivity contribution < 1.29 is 0 Å². The fraction of sp³-hybridized carbons (Fsp3) is 0.333. The van der Waals surface area contributed by atoms with Crippen LogP contribution in [0.1, 0.15) is 18.1 Å². The van der Waals surface area contributed by atoms with Crippen LogP contribution in [0.2, 0.25) is 0 Å². The van der Waals surface area contributed by atoms with Crippen LogP contribution in [-0.2, 0) is 6.42 Å². The Morgan fingerprint density at radius 2 is 1.69 bits per heavy atom. The molecule has 0 fully saturated rings. The molecule has 0 spiro atoms. The lowest BCUT2D eigenvalue weighted by Crippen LogP contribution is -1.89. The zero-order valence-electron chi connectivity index (χ0n) is 8.80. The van der Waals surface area contributed by atoms with Gasteiger partial charge in [-0.05, 0) is 31.6 Å². The summed E-state index contributed by atoms with van der Waals surface area (Å²) in [6.45, 7) is 5.84. The second-order valence-corrected chi connectivity index (χ2v) is 2.80. The number of rotatable bonds is 2. The number of nitrogens with one attached hydrogen (secondary N) is 1. The standard InChI is InChI=1S/C10H12.C2H7N/c1-3-9-5-7-10(4-2)8-6-9;1-3-2/h3,5-8H,1,4H2,2H3;3H,1-2H3. The Hall–Kier alpha value is -1.08. The molecule has 1 aromatic rings. The van der Waals surface area contributed by atoms with Crippen molar-refractivity contribution in [2.24, 2.45) is 0 Å². The second-order valence-electron chi connectivity index (χ2n) is 2.80. The van der Waals surface area contributed by atoms with E-state index in [0.29, 0.717) is 0 Å².